The van der Waals surface area contributed by atoms with Crippen molar-refractivity contribution in [3.8, 4) is 0 Å². The largest absolute Gasteiger partial charge is 0.456 e. The van der Waals surface area contributed by atoms with Crippen LogP contribution in [0.4, 0.5) is 0 Å². The van der Waals surface area contributed by atoms with Gasteiger partial charge in [-0.05, 0) is 45.4 Å². The third-order valence-corrected chi connectivity index (χ3v) is 2.21. The SMILES string of the molecule is CC(C)(C)OC(=O)c1ccccc1C=CCCN. The molecule has 3 nitrogen and oxygen atoms in total. The number of nitrogens with two attached hydrogens (primary N) is 1. The third-order valence-electron chi connectivity index (χ3n) is 2.21. The Kier molecular flexibility index (Phi) is 5.10. The van der Waals surface area contributed by atoms with Gasteiger partial charge in [0.1, 0.15) is 5.60 Å². The zero-order valence-corrected chi connectivity index (χ0v) is 11.3. The molecule has 1 aromatic carbocycles. The lowest BCUT2D eigenvalue weighted by molar-refractivity contribution is 0.00693. The second-order valence-electron chi connectivity index (χ2n) is 5.07. The molecule has 0 amide bonds. The fraction of sp³-hybridized carbons (Fsp3) is 0.400. The van der Waals surface area contributed by atoms with E-state index in [4.69, 9.17) is 10.5 Å². The first-order chi connectivity index (χ1) is 8.44. The Morgan fingerprint density at radius 1 is 1.33 bits per heavy atom. The summed E-state index contributed by atoms with van der Waals surface area (Å²) in [7, 11) is 0. The van der Waals surface area contributed by atoms with Crippen LogP contribution in [0.2, 0.25) is 0 Å². The molecule has 18 heavy (non-hydrogen) atoms. The topological polar surface area (TPSA) is 52.3 Å². The van der Waals surface area contributed by atoms with Gasteiger partial charge >= 0.3 is 5.97 Å². The first kappa shape index (κ1) is 14.5. The molecule has 0 heterocycles. The molecular weight excluding hydrogens is 226 g/mol. The molecule has 0 saturated heterocycles. The predicted molar refractivity (Wildman–Crippen MR) is 74.3 cm³/mol. The van der Waals surface area contributed by atoms with Crippen molar-refractivity contribution in [1.82, 2.24) is 0 Å². The lowest BCUT2D eigenvalue weighted by Crippen LogP contribution is -2.24. The lowest BCUT2D eigenvalue weighted by Gasteiger charge is -2.20. The zero-order chi connectivity index (χ0) is 13.6. The highest BCUT2D eigenvalue weighted by molar-refractivity contribution is 5.93. The number of ether oxygens (including phenoxy) is 1. The predicted octanol–water partition coefficient (Wildman–Crippen LogP) is 3.00. The van der Waals surface area contributed by atoms with Crippen LogP contribution in [0.15, 0.2) is 30.3 Å². The molecule has 1 aromatic rings. The molecule has 0 fully saturated rings. The molecule has 2 N–H and O–H groups in total. The Labute approximate surface area is 109 Å². The molecule has 98 valence electrons. The van der Waals surface area contributed by atoms with E-state index < -0.39 is 5.60 Å². The molecule has 3 heteroatoms. The summed E-state index contributed by atoms with van der Waals surface area (Å²) in [5.74, 6) is -0.296. The molecule has 0 aliphatic rings. The van der Waals surface area contributed by atoms with E-state index in [1.54, 1.807) is 6.07 Å². The quantitative estimate of drug-likeness (QED) is 0.832. The number of benzene rings is 1. The molecular formula is C15H21NO2. The standard InChI is InChI=1S/C15H21NO2/c1-15(2,3)18-14(17)13-10-5-4-8-12(13)9-6-7-11-16/h4-6,8-10H,7,11,16H2,1-3H3. The summed E-state index contributed by atoms with van der Waals surface area (Å²) in [6, 6.07) is 7.40. The minimum atomic E-state index is -0.481. The average Bonchev–Trinajstić information content (AvgIpc) is 2.27. The van der Waals surface area contributed by atoms with Crippen LogP contribution in [0.25, 0.3) is 6.08 Å². The van der Waals surface area contributed by atoms with Gasteiger partial charge in [0.25, 0.3) is 0 Å². The van der Waals surface area contributed by atoms with E-state index >= 15 is 0 Å². The van der Waals surface area contributed by atoms with E-state index in [2.05, 4.69) is 0 Å². The Morgan fingerprint density at radius 2 is 2.00 bits per heavy atom. The molecule has 0 aromatic heterocycles. The fourth-order valence-corrected chi connectivity index (χ4v) is 1.47. The monoisotopic (exact) mass is 247 g/mol. The van der Waals surface area contributed by atoms with E-state index in [-0.39, 0.29) is 5.97 Å². The first-order valence-electron chi connectivity index (χ1n) is 6.13. The van der Waals surface area contributed by atoms with Gasteiger partial charge < -0.3 is 10.5 Å². The first-order valence-corrected chi connectivity index (χ1v) is 6.13. The number of hydrogen-bond donors (Lipinski definition) is 1. The molecule has 0 spiro atoms. The highest BCUT2D eigenvalue weighted by Crippen LogP contribution is 2.16. The lowest BCUT2D eigenvalue weighted by atomic mass is 10.1. The van der Waals surface area contributed by atoms with E-state index in [0.717, 1.165) is 12.0 Å². The maximum atomic E-state index is 12.0. The van der Waals surface area contributed by atoms with Crippen LogP contribution in [0.5, 0.6) is 0 Å². The summed E-state index contributed by atoms with van der Waals surface area (Å²) in [5, 5.41) is 0. The van der Waals surface area contributed by atoms with E-state index in [9.17, 15) is 4.79 Å². The second-order valence-corrected chi connectivity index (χ2v) is 5.07. The Hall–Kier alpha value is -1.61. The summed E-state index contributed by atoms with van der Waals surface area (Å²) < 4.78 is 5.37. The molecule has 0 atom stereocenters. The maximum absolute atomic E-state index is 12.0. The van der Waals surface area contributed by atoms with Gasteiger partial charge in [-0.3, -0.25) is 0 Å². The van der Waals surface area contributed by atoms with Crippen LogP contribution in [0.1, 0.15) is 43.1 Å². The normalized spacial score (nSPS) is 11.8. The molecule has 1 rings (SSSR count). The fourth-order valence-electron chi connectivity index (χ4n) is 1.47. The van der Waals surface area contributed by atoms with Crippen LogP contribution >= 0.6 is 0 Å². The van der Waals surface area contributed by atoms with E-state index in [0.29, 0.717) is 12.1 Å². The molecule has 0 unspecified atom stereocenters. The summed E-state index contributed by atoms with van der Waals surface area (Å²) in [6.45, 7) is 6.18. The molecule has 0 saturated carbocycles. The average molecular weight is 247 g/mol. The van der Waals surface area contributed by atoms with Crippen molar-refractivity contribution in [3.63, 3.8) is 0 Å². The van der Waals surface area contributed by atoms with Crippen LogP contribution in [0.3, 0.4) is 0 Å². The van der Waals surface area contributed by atoms with Crippen molar-refractivity contribution < 1.29 is 9.53 Å². The number of carbonyl (C=O) groups is 1. The number of esters is 1. The Morgan fingerprint density at radius 3 is 2.61 bits per heavy atom. The molecule has 0 radical (unpaired) electrons. The van der Waals surface area contributed by atoms with Gasteiger partial charge in [0.05, 0.1) is 5.56 Å². The third kappa shape index (κ3) is 4.72. The van der Waals surface area contributed by atoms with Crippen LogP contribution in [-0.2, 0) is 4.74 Å². The highest BCUT2D eigenvalue weighted by atomic mass is 16.6. The molecule has 0 aliphatic heterocycles. The van der Waals surface area contributed by atoms with Crippen LogP contribution in [-0.4, -0.2) is 18.1 Å². The summed E-state index contributed by atoms with van der Waals surface area (Å²) in [4.78, 5) is 12.0. The van der Waals surface area contributed by atoms with Gasteiger partial charge in [0.15, 0.2) is 0 Å². The Bertz CT molecular complexity index is 430. The van der Waals surface area contributed by atoms with E-state index in [1.165, 1.54) is 0 Å². The number of carbonyl (C=O) groups excluding carboxylic acids is 1. The van der Waals surface area contributed by atoms with Gasteiger partial charge in [-0.25, -0.2) is 4.79 Å². The van der Waals surface area contributed by atoms with Gasteiger partial charge in [-0.1, -0.05) is 30.4 Å². The summed E-state index contributed by atoms with van der Waals surface area (Å²) in [5.41, 5.74) is 6.40. The molecule has 0 aliphatic carbocycles. The number of hydrogen-bond acceptors (Lipinski definition) is 3. The van der Waals surface area contributed by atoms with Gasteiger partial charge in [0, 0.05) is 0 Å². The van der Waals surface area contributed by atoms with Crippen molar-refractivity contribution in [2.24, 2.45) is 5.73 Å². The highest BCUT2D eigenvalue weighted by Gasteiger charge is 2.19. The minimum absolute atomic E-state index is 0.296. The van der Waals surface area contributed by atoms with Gasteiger partial charge in [-0.2, -0.15) is 0 Å². The Balaban J connectivity index is 2.91. The maximum Gasteiger partial charge on any atom is 0.339 e. The zero-order valence-electron chi connectivity index (χ0n) is 11.3. The molecule has 0 bridgehead atoms. The van der Waals surface area contributed by atoms with Crippen molar-refractivity contribution in [2.75, 3.05) is 6.54 Å². The van der Waals surface area contributed by atoms with Crippen molar-refractivity contribution in [2.45, 2.75) is 32.8 Å². The van der Waals surface area contributed by atoms with Gasteiger partial charge in [-0.15, -0.1) is 0 Å². The minimum Gasteiger partial charge on any atom is -0.456 e. The number of rotatable bonds is 4. The van der Waals surface area contributed by atoms with Crippen LogP contribution in [0, 0.1) is 0 Å². The summed E-state index contributed by atoms with van der Waals surface area (Å²) in [6.07, 6.45) is 4.66. The second kappa shape index (κ2) is 6.36. The van der Waals surface area contributed by atoms with Crippen molar-refractivity contribution >= 4 is 12.0 Å². The van der Waals surface area contributed by atoms with Crippen molar-refractivity contribution in [1.29, 1.82) is 0 Å². The van der Waals surface area contributed by atoms with Crippen molar-refractivity contribution in [3.05, 3.63) is 41.5 Å². The van der Waals surface area contributed by atoms with Crippen LogP contribution < -0.4 is 5.73 Å². The van der Waals surface area contributed by atoms with Gasteiger partial charge in [0.2, 0.25) is 0 Å². The van der Waals surface area contributed by atoms with E-state index in [1.807, 2.05) is 51.1 Å². The smallest absolute Gasteiger partial charge is 0.339 e. The summed E-state index contributed by atoms with van der Waals surface area (Å²) >= 11 is 0.